The topological polar surface area (TPSA) is 43.7 Å². The van der Waals surface area contributed by atoms with Gasteiger partial charge in [-0.1, -0.05) is 0 Å². The van der Waals surface area contributed by atoms with Crippen molar-refractivity contribution in [1.82, 2.24) is 0 Å². The molecular weight excluding hydrogens is 166 g/mol. The first-order valence-electron chi connectivity index (χ1n) is 4.54. The Bertz CT molecular complexity index is 286. The van der Waals surface area contributed by atoms with Crippen molar-refractivity contribution < 1.29 is 10.2 Å². The molecule has 0 unspecified atom stereocenters. The van der Waals surface area contributed by atoms with Crippen molar-refractivity contribution in [2.24, 2.45) is 0 Å². The Morgan fingerprint density at radius 1 is 0.923 bits per heavy atom. The Hall–Kier alpha value is -1.38. The van der Waals surface area contributed by atoms with Crippen LogP contribution in [0, 0.1) is 0 Å². The SMILES string of the molecule is Oc1cc(O)cc(N2CCCC2)c1. The lowest BCUT2D eigenvalue weighted by Gasteiger charge is -2.17. The maximum absolute atomic E-state index is 9.27. The molecule has 1 saturated heterocycles. The van der Waals surface area contributed by atoms with Crippen molar-refractivity contribution in [2.75, 3.05) is 18.0 Å². The average Bonchev–Trinajstić information content (AvgIpc) is 2.53. The minimum atomic E-state index is 0.127. The fourth-order valence-corrected chi connectivity index (χ4v) is 1.74. The van der Waals surface area contributed by atoms with Gasteiger partial charge in [0, 0.05) is 37.0 Å². The van der Waals surface area contributed by atoms with E-state index in [4.69, 9.17) is 0 Å². The largest absolute Gasteiger partial charge is 0.508 e. The first kappa shape index (κ1) is 8.23. The number of rotatable bonds is 1. The molecule has 1 aromatic carbocycles. The molecular formula is C10H13NO2. The molecule has 2 rings (SSSR count). The van der Waals surface area contributed by atoms with E-state index < -0.39 is 0 Å². The number of nitrogens with zero attached hydrogens (tertiary/aromatic N) is 1. The van der Waals surface area contributed by atoms with E-state index in [0.29, 0.717) is 0 Å². The lowest BCUT2D eigenvalue weighted by molar-refractivity contribution is 0.450. The standard InChI is InChI=1S/C10H13NO2/c12-9-5-8(6-10(13)7-9)11-3-1-2-4-11/h5-7,12-13H,1-4H2. The van der Waals surface area contributed by atoms with Crippen LogP contribution in [0.1, 0.15) is 12.8 Å². The summed E-state index contributed by atoms with van der Waals surface area (Å²) in [6.45, 7) is 2.03. The molecule has 0 spiro atoms. The zero-order chi connectivity index (χ0) is 9.26. The van der Waals surface area contributed by atoms with Crippen LogP contribution in [0.4, 0.5) is 5.69 Å². The highest BCUT2D eigenvalue weighted by Gasteiger charge is 2.13. The summed E-state index contributed by atoms with van der Waals surface area (Å²) < 4.78 is 0. The predicted molar refractivity (Wildman–Crippen MR) is 51.2 cm³/mol. The second kappa shape index (κ2) is 3.17. The molecule has 1 heterocycles. The summed E-state index contributed by atoms with van der Waals surface area (Å²) in [6.07, 6.45) is 2.38. The molecule has 70 valence electrons. The highest BCUT2D eigenvalue weighted by Crippen LogP contribution is 2.28. The average molecular weight is 179 g/mol. The Morgan fingerprint density at radius 2 is 1.46 bits per heavy atom. The van der Waals surface area contributed by atoms with Crippen LogP contribution < -0.4 is 4.90 Å². The van der Waals surface area contributed by atoms with Gasteiger partial charge in [0.2, 0.25) is 0 Å². The van der Waals surface area contributed by atoms with Gasteiger partial charge in [0.15, 0.2) is 0 Å². The van der Waals surface area contributed by atoms with Crippen molar-refractivity contribution >= 4 is 5.69 Å². The molecule has 0 atom stereocenters. The number of phenols is 2. The summed E-state index contributed by atoms with van der Waals surface area (Å²) >= 11 is 0. The van der Waals surface area contributed by atoms with E-state index in [2.05, 4.69) is 4.90 Å². The van der Waals surface area contributed by atoms with Gasteiger partial charge >= 0.3 is 0 Å². The van der Waals surface area contributed by atoms with Gasteiger partial charge in [0.05, 0.1) is 0 Å². The molecule has 2 N–H and O–H groups in total. The minimum absolute atomic E-state index is 0.127. The quantitative estimate of drug-likeness (QED) is 0.689. The van der Waals surface area contributed by atoms with E-state index in [0.717, 1.165) is 18.8 Å². The summed E-state index contributed by atoms with van der Waals surface area (Å²) in [7, 11) is 0. The molecule has 0 radical (unpaired) electrons. The third-order valence-corrected chi connectivity index (χ3v) is 2.36. The second-order valence-electron chi connectivity index (χ2n) is 3.40. The van der Waals surface area contributed by atoms with Crippen molar-refractivity contribution in [1.29, 1.82) is 0 Å². The van der Waals surface area contributed by atoms with E-state index in [9.17, 15) is 10.2 Å². The van der Waals surface area contributed by atoms with Crippen LogP contribution in [0.25, 0.3) is 0 Å². The molecule has 13 heavy (non-hydrogen) atoms. The normalized spacial score (nSPS) is 16.5. The van der Waals surface area contributed by atoms with E-state index >= 15 is 0 Å². The second-order valence-corrected chi connectivity index (χ2v) is 3.40. The zero-order valence-electron chi connectivity index (χ0n) is 7.40. The highest BCUT2D eigenvalue weighted by molar-refractivity contribution is 5.55. The van der Waals surface area contributed by atoms with E-state index in [1.807, 2.05) is 0 Å². The summed E-state index contributed by atoms with van der Waals surface area (Å²) in [4.78, 5) is 2.17. The maximum atomic E-state index is 9.27. The van der Waals surface area contributed by atoms with Gasteiger partial charge in [-0.3, -0.25) is 0 Å². The number of benzene rings is 1. The van der Waals surface area contributed by atoms with Gasteiger partial charge in [0.1, 0.15) is 11.5 Å². The molecule has 3 nitrogen and oxygen atoms in total. The smallest absolute Gasteiger partial charge is 0.121 e. The van der Waals surface area contributed by atoms with Crippen LogP contribution in [0.5, 0.6) is 11.5 Å². The summed E-state index contributed by atoms with van der Waals surface area (Å²) in [5.41, 5.74) is 0.912. The van der Waals surface area contributed by atoms with Crippen LogP contribution in [0.15, 0.2) is 18.2 Å². The molecule has 0 amide bonds. The molecule has 0 aliphatic carbocycles. The van der Waals surface area contributed by atoms with Crippen molar-refractivity contribution in [3.05, 3.63) is 18.2 Å². The Labute approximate surface area is 77.2 Å². The Balaban J connectivity index is 2.28. The Morgan fingerprint density at radius 3 is 2.00 bits per heavy atom. The van der Waals surface area contributed by atoms with Crippen LogP contribution in [0.2, 0.25) is 0 Å². The summed E-state index contributed by atoms with van der Waals surface area (Å²) in [5.74, 6) is 0.254. The molecule has 3 heteroatoms. The molecule has 0 aromatic heterocycles. The molecule has 0 saturated carbocycles. The molecule has 1 aliphatic heterocycles. The van der Waals surface area contributed by atoms with Crippen molar-refractivity contribution in [3.8, 4) is 11.5 Å². The van der Waals surface area contributed by atoms with E-state index in [-0.39, 0.29) is 11.5 Å². The number of hydrogen-bond acceptors (Lipinski definition) is 3. The van der Waals surface area contributed by atoms with Crippen molar-refractivity contribution in [3.63, 3.8) is 0 Å². The Kier molecular flexibility index (Phi) is 2.00. The van der Waals surface area contributed by atoms with Crippen LogP contribution >= 0.6 is 0 Å². The van der Waals surface area contributed by atoms with Gasteiger partial charge in [0.25, 0.3) is 0 Å². The van der Waals surface area contributed by atoms with Gasteiger partial charge in [-0.05, 0) is 12.8 Å². The van der Waals surface area contributed by atoms with Gasteiger partial charge < -0.3 is 15.1 Å². The lowest BCUT2D eigenvalue weighted by atomic mass is 10.2. The third-order valence-electron chi connectivity index (χ3n) is 2.36. The van der Waals surface area contributed by atoms with E-state index in [1.165, 1.54) is 18.9 Å². The fraction of sp³-hybridized carbons (Fsp3) is 0.400. The van der Waals surface area contributed by atoms with E-state index in [1.54, 1.807) is 12.1 Å². The fourth-order valence-electron chi connectivity index (χ4n) is 1.74. The minimum Gasteiger partial charge on any atom is -0.508 e. The van der Waals surface area contributed by atoms with Crippen molar-refractivity contribution in [2.45, 2.75) is 12.8 Å². The lowest BCUT2D eigenvalue weighted by Crippen LogP contribution is -2.17. The number of phenolic OH excluding ortho intramolecular Hbond substituents is 2. The van der Waals surface area contributed by atoms with Crippen LogP contribution in [-0.2, 0) is 0 Å². The highest BCUT2D eigenvalue weighted by atomic mass is 16.3. The molecule has 1 aromatic rings. The monoisotopic (exact) mass is 179 g/mol. The predicted octanol–water partition coefficient (Wildman–Crippen LogP) is 1.70. The van der Waals surface area contributed by atoms with Crippen LogP contribution in [-0.4, -0.2) is 23.3 Å². The maximum Gasteiger partial charge on any atom is 0.121 e. The summed E-state index contributed by atoms with van der Waals surface area (Å²) in [5, 5.41) is 18.5. The van der Waals surface area contributed by atoms with Gasteiger partial charge in [-0.15, -0.1) is 0 Å². The number of aromatic hydroxyl groups is 2. The molecule has 1 fully saturated rings. The van der Waals surface area contributed by atoms with Gasteiger partial charge in [-0.2, -0.15) is 0 Å². The molecule has 1 aliphatic rings. The van der Waals surface area contributed by atoms with Gasteiger partial charge in [-0.25, -0.2) is 0 Å². The summed E-state index contributed by atoms with van der Waals surface area (Å²) in [6, 6.07) is 4.72. The first-order chi connectivity index (χ1) is 6.25. The number of hydrogen-bond donors (Lipinski definition) is 2. The third kappa shape index (κ3) is 1.69. The molecule has 0 bridgehead atoms. The zero-order valence-corrected chi connectivity index (χ0v) is 7.40. The number of anilines is 1. The van der Waals surface area contributed by atoms with Crippen LogP contribution in [0.3, 0.4) is 0 Å². The first-order valence-corrected chi connectivity index (χ1v) is 4.54.